The number of anilines is 1. The second-order valence-electron chi connectivity index (χ2n) is 3.09. The van der Waals surface area contributed by atoms with Crippen LogP contribution in [0, 0.1) is 10.1 Å². The van der Waals surface area contributed by atoms with Crippen molar-refractivity contribution in [1.82, 2.24) is 0 Å². The molecule has 0 fully saturated rings. The molecule has 0 radical (unpaired) electrons. The molecular formula is C9H13N3O2. The number of nitro groups is 1. The van der Waals surface area contributed by atoms with E-state index in [1.54, 1.807) is 6.07 Å². The first-order chi connectivity index (χ1) is 6.56. The molecule has 1 atom stereocenters. The molecule has 76 valence electrons. The highest BCUT2D eigenvalue weighted by Crippen LogP contribution is 2.25. The maximum Gasteiger partial charge on any atom is 0.292 e. The topological polar surface area (TPSA) is 95.2 Å². The lowest BCUT2D eigenvalue weighted by Gasteiger charge is -2.08. The van der Waals surface area contributed by atoms with Crippen LogP contribution in [-0.4, -0.2) is 4.92 Å². The predicted molar refractivity (Wildman–Crippen MR) is 54.7 cm³/mol. The molecular weight excluding hydrogens is 182 g/mol. The first kappa shape index (κ1) is 10.5. The molecule has 0 aliphatic rings. The lowest BCUT2D eigenvalue weighted by atomic mass is 10.0. The molecule has 4 N–H and O–H groups in total. The van der Waals surface area contributed by atoms with Gasteiger partial charge < -0.3 is 11.5 Å². The number of nitrogen functional groups attached to an aromatic ring is 1. The average molecular weight is 195 g/mol. The van der Waals surface area contributed by atoms with E-state index in [-0.39, 0.29) is 17.4 Å². The van der Waals surface area contributed by atoms with Crippen LogP contribution in [0.25, 0.3) is 0 Å². The van der Waals surface area contributed by atoms with Crippen molar-refractivity contribution in [1.29, 1.82) is 0 Å². The zero-order chi connectivity index (χ0) is 10.7. The summed E-state index contributed by atoms with van der Waals surface area (Å²) in [6.07, 6.45) is 0.737. The Morgan fingerprint density at radius 1 is 1.57 bits per heavy atom. The summed E-state index contributed by atoms with van der Waals surface area (Å²) in [7, 11) is 0. The minimum absolute atomic E-state index is 0.0774. The van der Waals surface area contributed by atoms with Crippen LogP contribution >= 0.6 is 0 Å². The Kier molecular flexibility index (Phi) is 3.03. The molecule has 5 heteroatoms. The summed E-state index contributed by atoms with van der Waals surface area (Å²) in [5.74, 6) is 0. The maximum absolute atomic E-state index is 10.6. The molecule has 0 aliphatic carbocycles. The molecule has 0 aliphatic heterocycles. The summed E-state index contributed by atoms with van der Waals surface area (Å²) in [6, 6.07) is 4.50. The van der Waals surface area contributed by atoms with Crippen LogP contribution in [0.3, 0.4) is 0 Å². The van der Waals surface area contributed by atoms with Gasteiger partial charge in [-0.1, -0.05) is 13.0 Å². The Hall–Kier alpha value is -1.62. The summed E-state index contributed by atoms with van der Waals surface area (Å²) >= 11 is 0. The molecule has 0 saturated carbocycles. The van der Waals surface area contributed by atoms with E-state index in [1.165, 1.54) is 12.1 Å². The number of rotatable bonds is 3. The molecule has 0 spiro atoms. The van der Waals surface area contributed by atoms with Crippen molar-refractivity contribution in [3.8, 4) is 0 Å². The van der Waals surface area contributed by atoms with Crippen LogP contribution in [0.5, 0.6) is 0 Å². The number of hydrogen-bond donors (Lipinski definition) is 2. The van der Waals surface area contributed by atoms with Crippen LogP contribution in [0.15, 0.2) is 18.2 Å². The normalized spacial score (nSPS) is 12.4. The molecule has 1 aromatic rings. The van der Waals surface area contributed by atoms with Gasteiger partial charge in [0.1, 0.15) is 5.69 Å². The predicted octanol–water partition coefficient (Wildman–Crippen LogP) is 1.59. The van der Waals surface area contributed by atoms with Gasteiger partial charge in [-0.05, 0) is 18.1 Å². The third-order valence-corrected chi connectivity index (χ3v) is 2.12. The highest BCUT2D eigenvalue weighted by atomic mass is 16.6. The second kappa shape index (κ2) is 4.06. The fourth-order valence-corrected chi connectivity index (χ4v) is 1.19. The third-order valence-electron chi connectivity index (χ3n) is 2.12. The lowest BCUT2D eigenvalue weighted by Crippen LogP contribution is -2.09. The molecule has 1 aromatic carbocycles. The third kappa shape index (κ3) is 2.00. The molecule has 14 heavy (non-hydrogen) atoms. The van der Waals surface area contributed by atoms with E-state index in [9.17, 15) is 10.1 Å². The van der Waals surface area contributed by atoms with Gasteiger partial charge in [0.25, 0.3) is 5.69 Å². The van der Waals surface area contributed by atoms with Gasteiger partial charge in [-0.25, -0.2) is 0 Å². The van der Waals surface area contributed by atoms with E-state index < -0.39 is 4.92 Å². The summed E-state index contributed by atoms with van der Waals surface area (Å²) in [5.41, 5.74) is 12.0. The Labute approximate surface area is 81.9 Å². The van der Waals surface area contributed by atoms with Crippen molar-refractivity contribution >= 4 is 11.4 Å². The minimum atomic E-state index is -0.499. The van der Waals surface area contributed by atoms with Crippen LogP contribution in [0.2, 0.25) is 0 Å². The number of nitro benzene ring substituents is 1. The monoisotopic (exact) mass is 195 g/mol. The second-order valence-corrected chi connectivity index (χ2v) is 3.09. The quantitative estimate of drug-likeness (QED) is 0.435. The van der Waals surface area contributed by atoms with Crippen molar-refractivity contribution in [3.05, 3.63) is 33.9 Å². The Morgan fingerprint density at radius 2 is 2.21 bits per heavy atom. The molecule has 0 saturated heterocycles. The average Bonchev–Trinajstić information content (AvgIpc) is 2.17. The van der Waals surface area contributed by atoms with Crippen molar-refractivity contribution in [2.75, 3.05) is 5.73 Å². The zero-order valence-electron chi connectivity index (χ0n) is 7.93. The number of nitrogens with two attached hydrogens (primary N) is 2. The van der Waals surface area contributed by atoms with Gasteiger partial charge in [0, 0.05) is 12.1 Å². The fraction of sp³-hybridized carbons (Fsp3) is 0.333. The highest BCUT2D eigenvalue weighted by Gasteiger charge is 2.14. The summed E-state index contributed by atoms with van der Waals surface area (Å²) < 4.78 is 0. The fourth-order valence-electron chi connectivity index (χ4n) is 1.19. The van der Waals surface area contributed by atoms with E-state index in [0.717, 1.165) is 12.0 Å². The Morgan fingerprint density at radius 3 is 2.71 bits per heavy atom. The largest absolute Gasteiger partial charge is 0.393 e. The van der Waals surface area contributed by atoms with E-state index >= 15 is 0 Å². The zero-order valence-corrected chi connectivity index (χ0v) is 7.93. The van der Waals surface area contributed by atoms with Crippen molar-refractivity contribution in [3.63, 3.8) is 0 Å². The molecule has 0 aromatic heterocycles. The first-order valence-corrected chi connectivity index (χ1v) is 4.35. The molecule has 0 amide bonds. The van der Waals surface area contributed by atoms with Gasteiger partial charge in [-0.2, -0.15) is 0 Å². The van der Waals surface area contributed by atoms with Crippen molar-refractivity contribution in [2.45, 2.75) is 19.4 Å². The first-order valence-electron chi connectivity index (χ1n) is 4.35. The number of benzene rings is 1. The van der Waals surface area contributed by atoms with E-state index in [0.29, 0.717) is 0 Å². The SMILES string of the molecule is CCC(N)c1ccc(N)c([N+](=O)[O-])c1. The van der Waals surface area contributed by atoms with Crippen molar-refractivity contribution < 1.29 is 4.92 Å². The standard InChI is InChI=1S/C9H13N3O2/c1-2-7(10)6-3-4-8(11)9(5-6)12(13)14/h3-5,7H,2,10-11H2,1H3. The molecule has 1 rings (SSSR count). The molecule has 5 nitrogen and oxygen atoms in total. The van der Waals surface area contributed by atoms with Gasteiger partial charge in [0.05, 0.1) is 4.92 Å². The molecule has 0 bridgehead atoms. The molecule has 0 heterocycles. The van der Waals surface area contributed by atoms with Crippen LogP contribution in [-0.2, 0) is 0 Å². The summed E-state index contributed by atoms with van der Waals surface area (Å²) in [5, 5.41) is 10.6. The van der Waals surface area contributed by atoms with Gasteiger partial charge in [-0.3, -0.25) is 10.1 Å². The number of hydrogen-bond acceptors (Lipinski definition) is 4. The van der Waals surface area contributed by atoms with Crippen LogP contribution in [0.4, 0.5) is 11.4 Å². The van der Waals surface area contributed by atoms with Gasteiger partial charge >= 0.3 is 0 Å². The number of nitrogens with zero attached hydrogens (tertiary/aromatic N) is 1. The van der Waals surface area contributed by atoms with E-state index in [2.05, 4.69) is 0 Å². The Balaban J connectivity index is 3.12. The van der Waals surface area contributed by atoms with E-state index in [4.69, 9.17) is 11.5 Å². The van der Waals surface area contributed by atoms with Gasteiger partial charge in [0.15, 0.2) is 0 Å². The smallest absolute Gasteiger partial charge is 0.292 e. The minimum Gasteiger partial charge on any atom is -0.393 e. The van der Waals surface area contributed by atoms with Gasteiger partial charge in [-0.15, -0.1) is 0 Å². The lowest BCUT2D eigenvalue weighted by molar-refractivity contribution is -0.384. The van der Waals surface area contributed by atoms with Gasteiger partial charge in [0.2, 0.25) is 0 Å². The Bertz CT molecular complexity index is 352. The maximum atomic E-state index is 10.6. The van der Waals surface area contributed by atoms with Crippen LogP contribution in [0.1, 0.15) is 24.9 Å². The summed E-state index contributed by atoms with van der Waals surface area (Å²) in [4.78, 5) is 10.1. The summed E-state index contributed by atoms with van der Waals surface area (Å²) in [6.45, 7) is 1.92. The van der Waals surface area contributed by atoms with Crippen LogP contribution < -0.4 is 11.5 Å². The highest BCUT2D eigenvalue weighted by molar-refractivity contribution is 5.59. The van der Waals surface area contributed by atoms with Crippen molar-refractivity contribution in [2.24, 2.45) is 5.73 Å². The molecule has 1 unspecified atom stereocenters. The van der Waals surface area contributed by atoms with E-state index in [1.807, 2.05) is 6.92 Å².